The van der Waals surface area contributed by atoms with Crippen LogP contribution in [0.25, 0.3) is 0 Å². The third-order valence-corrected chi connectivity index (χ3v) is 6.66. The minimum atomic E-state index is 0.0132. The summed E-state index contributed by atoms with van der Waals surface area (Å²) in [5, 5.41) is 0. The molecule has 3 aliphatic rings. The highest BCUT2D eigenvalue weighted by Crippen LogP contribution is 2.38. The Morgan fingerprint density at radius 1 is 0.667 bits per heavy atom. The fraction of sp³-hybridized carbons (Fsp3) is 0.952. The van der Waals surface area contributed by atoms with E-state index in [1.807, 2.05) is 0 Å². The molecule has 3 aliphatic carbocycles. The summed E-state index contributed by atoms with van der Waals surface area (Å²) >= 11 is 0. The van der Waals surface area contributed by atoms with Crippen molar-refractivity contribution >= 4 is 5.97 Å². The molecule has 0 aromatic heterocycles. The lowest BCUT2D eigenvalue weighted by atomic mass is 9.73. The van der Waals surface area contributed by atoms with Crippen molar-refractivity contribution in [3.8, 4) is 0 Å². The lowest BCUT2D eigenvalue weighted by molar-refractivity contribution is -0.152. The molecule has 0 aliphatic heterocycles. The molecule has 138 valence electrons. The molecule has 0 bridgehead atoms. The predicted molar refractivity (Wildman–Crippen MR) is 95.8 cm³/mol. The van der Waals surface area contributed by atoms with Gasteiger partial charge in [0, 0.05) is 0 Å². The number of hydrogen-bond donors (Lipinski definition) is 0. The third-order valence-electron chi connectivity index (χ3n) is 6.66. The molecule has 0 unspecified atom stereocenters. The quantitative estimate of drug-likeness (QED) is 0.490. The predicted octanol–water partition coefficient (Wildman–Crippen LogP) is 5.27. The normalized spacial score (nSPS) is 30.2. The van der Waals surface area contributed by atoms with Crippen LogP contribution in [0.4, 0.5) is 0 Å². The van der Waals surface area contributed by atoms with Gasteiger partial charge in [-0.15, -0.1) is 0 Å². The van der Waals surface area contributed by atoms with E-state index in [1.165, 1.54) is 77.0 Å². The average Bonchev–Trinajstić information content (AvgIpc) is 2.67. The van der Waals surface area contributed by atoms with Crippen molar-refractivity contribution in [3.05, 3.63) is 0 Å². The first-order valence-electron chi connectivity index (χ1n) is 10.6. The van der Waals surface area contributed by atoms with E-state index in [9.17, 15) is 4.79 Å². The molecule has 3 nitrogen and oxygen atoms in total. The van der Waals surface area contributed by atoms with Gasteiger partial charge >= 0.3 is 5.97 Å². The summed E-state index contributed by atoms with van der Waals surface area (Å²) in [5.41, 5.74) is 0. The Labute approximate surface area is 147 Å². The topological polar surface area (TPSA) is 35.5 Å². The largest absolute Gasteiger partial charge is 0.463 e. The fourth-order valence-corrected chi connectivity index (χ4v) is 5.15. The Balaban J connectivity index is 1.25. The molecular weight excluding hydrogens is 300 g/mol. The maximum absolute atomic E-state index is 12.0. The van der Waals surface area contributed by atoms with E-state index in [-0.39, 0.29) is 11.9 Å². The molecule has 0 aromatic carbocycles. The van der Waals surface area contributed by atoms with E-state index in [2.05, 4.69) is 0 Å². The minimum Gasteiger partial charge on any atom is -0.463 e. The van der Waals surface area contributed by atoms with Crippen molar-refractivity contribution in [3.63, 3.8) is 0 Å². The van der Waals surface area contributed by atoms with Gasteiger partial charge in [-0.2, -0.15) is 0 Å². The van der Waals surface area contributed by atoms with Crippen molar-refractivity contribution in [2.24, 2.45) is 17.8 Å². The van der Waals surface area contributed by atoms with Gasteiger partial charge in [0.25, 0.3) is 0 Å². The van der Waals surface area contributed by atoms with Crippen LogP contribution >= 0.6 is 0 Å². The van der Waals surface area contributed by atoms with Gasteiger partial charge in [-0.05, 0) is 50.4 Å². The first kappa shape index (κ1) is 18.2. The van der Waals surface area contributed by atoms with Gasteiger partial charge in [0.1, 0.15) is 6.61 Å². The van der Waals surface area contributed by atoms with Crippen molar-refractivity contribution in [2.75, 3.05) is 13.2 Å². The zero-order valence-electron chi connectivity index (χ0n) is 15.3. The fourth-order valence-electron chi connectivity index (χ4n) is 5.15. The van der Waals surface area contributed by atoms with Gasteiger partial charge in [-0.1, -0.05) is 51.4 Å². The van der Waals surface area contributed by atoms with Gasteiger partial charge < -0.3 is 9.47 Å². The number of esters is 1. The summed E-state index contributed by atoms with van der Waals surface area (Å²) in [4.78, 5) is 12.0. The molecule has 3 heteroatoms. The molecule has 0 N–H and O–H groups in total. The Morgan fingerprint density at radius 2 is 1.25 bits per heavy atom. The summed E-state index contributed by atoms with van der Waals surface area (Å²) in [7, 11) is 0. The summed E-state index contributed by atoms with van der Waals surface area (Å²) in [6, 6.07) is 0. The highest BCUT2D eigenvalue weighted by atomic mass is 16.6. The monoisotopic (exact) mass is 336 g/mol. The van der Waals surface area contributed by atoms with Crippen LogP contribution in [0.2, 0.25) is 0 Å². The molecule has 3 rings (SSSR count). The molecule has 0 radical (unpaired) electrons. The molecule has 24 heavy (non-hydrogen) atoms. The van der Waals surface area contributed by atoms with E-state index < -0.39 is 0 Å². The van der Waals surface area contributed by atoms with E-state index in [0.29, 0.717) is 19.3 Å². The van der Waals surface area contributed by atoms with E-state index in [1.54, 1.807) is 0 Å². The Kier molecular flexibility index (Phi) is 7.44. The van der Waals surface area contributed by atoms with E-state index >= 15 is 0 Å². The smallest absolute Gasteiger partial charge is 0.309 e. The highest BCUT2D eigenvalue weighted by Gasteiger charge is 2.29. The molecule has 0 heterocycles. The van der Waals surface area contributed by atoms with Crippen molar-refractivity contribution in [1.82, 2.24) is 0 Å². The number of carbonyl (C=O) groups excluding carboxylic acids is 1. The van der Waals surface area contributed by atoms with Crippen LogP contribution in [-0.2, 0) is 14.3 Å². The van der Waals surface area contributed by atoms with Crippen molar-refractivity contribution < 1.29 is 14.3 Å². The first-order valence-corrected chi connectivity index (χ1v) is 10.6. The molecule has 0 saturated heterocycles. The van der Waals surface area contributed by atoms with Crippen molar-refractivity contribution in [1.29, 1.82) is 0 Å². The van der Waals surface area contributed by atoms with Crippen LogP contribution < -0.4 is 0 Å². The van der Waals surface area contributed by atoms with E-state index in [4.69, 9.17) is 9.47 Å². The molecular formula is C21H36O3. The van der Waals surface area contributed by atoms with Gasteiger partial charge in [-0.3, -0.25) is 4.79 Å². The maximum atomic E-state index is 12.0. The van der Waals surface area contributed by atoms with Crippen LogP contribution in [-0.4, -0.2) is 25.3 Å². The second kappa shape index (κ2) is 9.79. The molecule has 3 saturated carbocycles. The second-order valence-electron chi connectivity index (χ2n) is 8.31. The van der Waals surface area contributed by atoms with Crippen LogP contribution in [0.1, 0.15) is 89.9 Å². The Hall–Kier alpha value is -0.570. The lowest BCUT2D eigenvalue weighted by Crippen LogP contribution is -2.28. The van der Waals surface area contributed by atoms with Gasteiger partial charge in [-0.25, -0.2) is 0 Å². The molecule has 3 fully saturated rings. The first-order chi connectivity index (χ1) is 11.8. The van der Waals surface area contributed by atoms with Crippen LogP contribution in [0.15, 0.2) is 0 Å². The SMILES string of the molecule is O=C(OCCOC1CCC(C2CCCCC2)CC1)C1CCCCC1. The van der Waals surface area contributed by atoms with Crippen LogP contribution in [0.5, 0.6) is 0 Å². The van der Waals surface area contributed by atoms with Gasteiger partial charge in [0.05, 0.1) is 18.6 Å². The van der Waals surface area contributed by atoms with Gasteiger partial charge in [0.15, 0.2) is 0 Å². The van der Waals surface area contributed by atoms with Crippen LogP contribution in [0, 0.1) is 17.8 Å². The van der Waals surface area contributed by atoms with Crippen molar-refractivity contribution in [2.45, 2.75) is 96.0 Å². The summed E-state index contributed by atoms with van der Waals surface area (Å²) in [6.45, 7) is 1.02. The minimum absolute atomic E-state index is 0.0132. The zero-order chi connectivity index (χ0) is 16.6. The summed E-state index contributed by atoms with van der Waals surface area (Å²) < 4.78 is 11.4. The molecule has 0 atom stereocenters. The number of hydrogen-bond acceptors (Lipinski definition) is 3. The second-order valence-corrected chi connectivity index (χ2v) is 8.31. The third kappa shape index (κ3) is 5.47. The maximum Gasteiger partial charge on any atom is 0.309 e. The van der Waals surface area contributed by atoms with E-state index in [0.717, 1.165) is 24.7 Å². The number of ether oxygens (including phenoxy) is 2. The molecule has 0 aromatic rings. The summed E-state index contributed by atoms with van der Waals surface area (Å²) in [5.74, 6) is 2.12. The average molecular weight is 337 g/mol. The Morgan fingerprint density at radius 3 is 1.92 bits per heavy atom. The zero-order valence-corrected chi connectivity index (χ0v) is 15.3. The van der Waals surface area contributed by atoms with Gasteiger partial charge in [0.2, 0.25) is 0 Å². The lowest BCUT2D eigenvalue weighted by Gasteiger charge is -2.35. The van der Waals surface area contributed by atoms with Crippen LogP contribution in [0.3, 0.4) is 0 Å². The Bertz CT molecular complexity index is 361. The molecule has 0 amide bonds. The molecule has 0 spiro atoms. The highest BCUT2D eigenvalue weighted by molar-refractivity contribution is 5.72. The number of carbonyl (C=O) groups is 1. The standard InChI is InChI=1S/C21H36O3/c22-21(19-9-5-2-6-10-19)24-16-15-23-20-13-11-18(12-14-20)17-7-3-1-4-8-17/h17-20H,1-16H2. The summed E-state index contributed by atoms with van der Waals surface area (Å²) in [6.07, 6.45) is 18.5. The number of rotatable bonds is 6.